The van der Waals surface area contributed by atoms with Gasteiger partial charge in [-0.25, -0.2) is 9.78 Å². The topological polar surface area (TPSA) is 79.8 Å². The first-order valence-electron chi connectivity index (χ1n) is 11.5. The van der Waals surface area contributed by atoms with Crippen LogP contribution >= 0.6 is 0 Å². The molecule has 3 heterocycles. The van der Waals surface area contributed by atoms with Crippen LogP contribution in [-0.2, 0) is 15.7 Å². The summed E-state index contributed by atoms with van der Waals surface area (Å²) < 4.78 is 51.2. The SMILES string of the molecule is COCCN(C)c1nc(Nc2ccc3c(c2)C2CCC3N2C(=O)OC(C)(C)C)ncc1C(F)(F)F. The zero-order valence-corrected chi connectivity index (χ0v) is 20.4. The number of amides is 1. The number of fused-ring (bicyclic) bond motifs is 5. The number of hydrogen-bond donors (Lipinski definition) is 1. The summed E-state index contributed by atoms with van der Waals surface area (Å²) in [4.78, 5) is 24.1. The Labute approximate surface area is 202 Å². The van der Waals surface area contributed by atoms with Gasteiger partial charge < -0.3 is 19.7 Å². The van der Waals surface area contributed by atoms with E-state index < -0.39 is 17.3 Å². The van der Waals surface area contributed by atoms with E-state index in [1.54, 1.807) is 4.90 Å². The molecule has 1 N–H and O–H groups in total. The lowest BCUT2D eigenvalue weighted by Gasteiger charge is -2.27. The second-order valence-corrected chi connectivity index (χ2v) is 9.81. The molecule has 2 aliphatic heterocycles. The molecule has 2 unspecified atom stereocenters. The van der Waals surface area contributed by atoms with Gasteiger partial charge in [0.2, 0.25) is 5.95 Å². The van der Waals surface area contributed by atoms with Crippen molar-refractivity contribution in [2.75, 3.05) is 37.5 Å². The van der Waals surface area contributed by atoms with Gasteiger partial charge in [0.1, 0.15) is 17.0 Å². The first-order valence-corrected chi connectivity index (χ1v) is 11.5. The first kappa shape index (κ1) is 25.0. The van der Waals surface area contributed by atoms with Crippen molar-refractivity contribution in [1.82, 2.24) is 14.9 Å². The van der Waals surface area contributed by atoms with Crippen LogP contribution in [0.4, 0.5) is 35.4 Å². The van der Waals surface area contributed by atoms with Crippen molar-refractivity contribution in [3.8, 4) is 0 Å². The lowest BCUT2D eigenvalue weighted by Crippen LogP contribution is -2.34. The maximum Gasteiger partial charge on any atom is 0.421 e. The van der Waals surface area contributed by atoms with Crippen molar-refractivity contribution in [3.05, 3.63) is 41.1 Å². The Kier molecular flexibility index (Phi) is 6.56. The molecular weight excluding hydrogens is 463 g/mol. The largest absolute Gasteiger partial charge is 0.444 e. The fourth-order valence-corrected chi connectivity index (χ4v) is 4.62. The summed E-state index contributed by atoms with van der Waals surface area (Å²) in [6, 6.07) is 5.53. The molecule has 2 aromatic rings. The minimum absolute atomic E-state index is 0.0396. The quantitative estimate of drug-likeness (QED) is 0.573. The van der Waals surface area contributed by atoms with Crippen molar-refractivity contribution in [1.29, 1.82) is 0 Å². The number of halogens is 3. The zero-order valence-electron chi connectivity index (χ0n) is 20.4. The van der Waals surface area contributed by atoms with Crippen LogP contribution in [0.5, 0.6) is 0 Å². The van der Waals surface area contributed by atoms with Crippen LogP contribution in [0, 0.1) is 0 Å². The van der Waals surface area contributed by atoms with E-state index in [1.807, 2.05) is 39.0 Å². The van der Waals surface area contributed by atoms with Crippen molar-refractivity contribution >= 4 is 23.5 Å². The summed E-state index contributed by atoms with van der Waals surface area (Å²) in [5, 5.41) is 3.02. The molecule has 1 aromatic heterocycles. The third-order valence-corrected chi connectivity index (χ3v) is 6.12. The van der Waals surface area contributed by atoms with Crippen LogP contribution in [0.3, 0.4) is 0 Å². The fraction of sp³-hybridized carbons (Fsp3) is 0.542. The lowest BCUT2D eigenvalue weighted by atomic mass is 9.91. The van der Waals surface area contributed by atoms with Crippen molar-refractivity contribution in [2.45, 2.75) is 57.5 Å². The van der Waals surface area contributed by atoms with Gasteiger partial charge >= 0.3 is 12.3 Å². The van der Waals surface area contributed by atoms with Gasteiger partial charge in [0.05, 0.1) is 18.7 Å². The van der Waals surface area contributed by atoms with Crippen molar-refractivity contribution in [2.24, 2.45) is 0 Å². The van der Waals surface area contributed by atoms with Crippen LogP contribution in [0.25, 0.3) is 0 Å². The van der Waals surface area contributed by atoms with E-state index in [0.29, 0.717) is 5.69 Å². The monoisotopic (exact) mass is 493 g/mol. The molecule has 1 saturated heterocycles. The summed E-state index contributed by atoms with van der Waals surface area (Å²) in [6.07, 6.45) is -2.46. The number of likely N-dealkylation sites (N-methyl/N-ethyl adjacent to an activating group) is 1. The summed E-state index contributed by atoms with van der Waals surface area (Å²) in [7, 11) is 3.01. The average Bonchev–Trinajstić information content (AvgIpc) is 3.33. The second-order valence-electron chi connectivity index (χ2n) is 9.81. The van der Waals surface area contributed by atoms with E-state index in [1.165, 1.54) is 19.1 Å². The number of methoxy groups -OCH3 is 1. The third kappa shape index (κ3) is 5.14. The fourth-order valence-electron chi connectivity index (χ4n) is 4.62. The molecule has 1 aromatic carbocycles. The number of aromatic nitrogens is 2. The molecule has 0 aliphatic carbocycles. The second kappa shape index (κ2) is 9.18. The number of alkyl halides is 3. The molecule has 0 radical (unpaired) electrons. The predicted molar refractivity (Wildman–Crippen MR) is 125 cm³/mol. The molecule has 0 spiro atoms. The maximum atomic E-state index is 13.5. The minimum Gasteiger partial charge on any atom is -0.444 e. The number of nitrogens with zero attached hydrogens (tertiary/aromatic N) is 4. The Bertz CT molecular complexity index is 1100. The number of ether oxygens (including phenoxy) is 2. The molecule has 35 heavy (non-hydrogen) atoms. The van der Waals surface area contributed by atoms with Crippen LogP contribution in [0.2, 0.25) is 0 Å². The van der Waals surface area contributed by atoms with Gasteiger partial charge in [0.25, 0.3) is 0 Å². The summed E-state index contributed by atoms with van der Waals surface area (Å²) in [6.45, 7) is 6.00. The number of carbonyl (C=O) groups excluding carboxylic acids is 1. The molecule has 1 fully saturated rings. The van der Waals surface area contributed by atoms with Gasteiger partial charge in [0.15, 0.2) is 0 Å². The normalized spacial score (nSPS) is 19.0. The summed E-state index contributed by atoms with van der Waals surface area (Å²) >= 11 is 0. The molecule has 0 saturated carbocycles. The van der Waals surface area contributed by atoms with Crippen LogP contribution in [0.1, 0.15) is 62.4 Å². The van der Waals surface area contributed by atoms with Crippen molar-refractivity contribution < 1.29 is 27.4 Å². The Hall–Kier alpha value is -3.08. The molecule has 1 amide bonds. The maximum absolute atomic E-state index is 13.5. The number of carbonyl (C=O) groups is 1. The molecule has 8 nitrogen and oxygen atoms in total. The highest BCUT2D eigenvalue weighted by Crippen LogP contribution is 2.54. The molecular formula is C24H30F3N5O3. The van der Waals surface area contributed by atoms with Gasteiger partial charge in [-0.1, -0.05) is 6.07 Å². The van der Waals surface area contributed by atoms with E-state index in [4.69, 9.17) is 9.47 Å². The van der Waals surface area contributed by atoms with Crippen LogP contribution < -0.4 is 10.2 Å². The Balaban J connectivity index is 1.58. The Morgan fingerprint density at radius 3 is 2.51 bits per heavy atom. The first-order chi connectivity index (χ1) is 16.4. The Morgan fingerprint density at radius 2 is 1.89 bits per heavy atom. The number of hydrogen-bond acceptors (Lipinski definition) is 7. The Morgan fingerprint density at radius 1 is 1.20 bits per heavy atom. The molecule has 11 heteroatoms. The minimum atomic E-state index is -4.59. The molecule has 2 aliphatic rings. The molecule has 4 rings (SSSR count). The van der Waals surface area contributed by atoms with E-state index in [9.17, 15) is 18.0 Å². The van der Waals surface area contributed by atoms with E-state index in [0.717, 1.165) is 30.2 Å². The van der Waals surface area contributed by atoms with Crippen LogP contribution in [-0.4, -0.2) is 53.9 Å². The van der Waals surface area contributed by atoms with E-state index in [2.05, 4.69) is 15.3 Å². The molecule has 190 valence electrons. The highest BCUT2D eigenvalue weighted by Gasteiger charge is 2.48. The average molecular weight is 494 g/mol. The zero-order chi connectivity index (χ0) is 25.5. The number of anilines is 3. The molecule has 2 bridgehead atoms. The van der Waals surface area contributed by atoms with Crippen molar-refractivity contribution in [3.63, 3.8) is 0 Å². The highest BCUT2D eigenvalue weighted by molar-refractivity contribution is 5.73. The standard InChI is InChI=1S/C24H30F3N5O3/c1-23(2,3)35-22(33)32-18-8-9-19(32)16-12-14(6-7-15(16)18)29-21-28-13-17(24(25,26)27)20(30-21)31(4)10-11-34-5/h6-7,12-13,18-19H,8-11H2,1-5H3,(H,28,29,30). The number of benzene rings is 1. The summed E-state index contributed by atoms with van der Waals surface area (Å²) in [5.41, 5.74) is 1.19. The third-order valence-electron chi connectivity index (χ3n) is 6.12. The highest BCUT2D eigenvalue weighted by atomic mass is 19.4. The van der Waals surface area contributed by atoms with Crippen LogP contribution in [0.15, 0.2) is 24.4 Å². The van der Waals surface area contributed by atoms with Gasteiger partial charge in [-0.2, -0.15) is 18.2 Å². The number of rotatable bonds is 6. The number of nitrogens with one attached hydrogen (secondary N) is 1. The lowest BCUT2D eigenvalue weighted by molar-refractivity contribution is -0.137. The molecule has 2 atom stereocenters. The van der Waals surface area contributed by atoms with Gasteiger partial charge in [-0.3, -0.25) is 4.90 Å². The smallest absolute Gasteiger partial charge is 0.421 e. The van der Waals surface area contributed by atoms with E-state index in [-0.39, 0.29) is 43.1 Å². The van der Waals surface area contributed by atoms with E-state index >= 15 is 0 Å². The van der Waals surface area contributed by atoms with Gasteiger partial charge in [-0.05, 0) is 56.9 Å². The van der Waals surface area contributed by atoms with Gasteiger partial charge in [-0.15, -0.1) is 0 Å². The summed E-state index contributed by atoms with van der Waals surface area (Å²) in [5.74, 6) is -0.187. The van der Waals surface area contributed by atoms with Gasteiger partial charge in [0, 0.05) is 32.6 Å². The predicted octanol–water partition coefficient (Wildman–Crippen LogP) is 5.45.